The second kappa shape index (κ2) is 4.30. The average Bonchev–Trinajstić information content (AvgIpc) is 2.82. The van der Waals surface area contributed by atoms with Crippen LogP contribution in [0.1, 0.15) is 33.1 Å². The molecule has 1 aliphatic rings. The molecule has 1 heterocycles. The van der Waals surface area contributed by atoms with Crippen LogP contribution in [0, 0.1) is 6.92 Å². The van der Waals surface area contributed by atoms with Crippen LogP contribution in [0.25, 0.3) is 0 Å². The van der Waals surface area contributed by atoms with Crippen LogP contribution in [0.2, 0.25) is 0 Å². The fourth-order valence-corrected chi connectivity index (χ4v) is 2.46. The molecule has 1 aliphatic heterocycles. The molecule has 0 aliphatic carbocycles. The molecule has 0 aromatic heterocycles. The monoisotopic (exact) mass is 237 g/mol. The van der Waals surface area contributed by atoms with E-state index in [1.165, 1.54) is 16.7 Å². The molecule has 0 amide bonds. The van der Waals surface area contributed by atoms with E-state index in [0.29, 0.717) is 6.04 Å². The van der Waals surface area contributed by atoms with Gasteiger partial charge in [0.2, 0.25) is 0 Å². The van der Waals surface area contributed by atoms with Gasteiger partial charge >= 0.3 is 0 Å². The minimum atomic E-state index is 0.322. The molecule has 0 bridgehead atoms. The SMILES string of the molecule is Cc1ccc(C2Cc3cc(C=O)ccc3N2)cc1. The third kappa shape index (κ3) is 1.90. The lowest BCUT2D eigenvalue weighted by molar-refractivity contribution is 0.112. The number of anilines is 1. The molecule has 2 aromatic rings. The predicted octanol–water partition coefficient (Wildman–Crippen LogP) is 3.52. The number of aldehydes is 1. The fraction of sp³-hybridized carbons (Fsp3) is 0.188. The van der Waals surface area contributed by atoms with Crippen LogP contribution < -0.4 is 5.32 Å². The van der Waals surface area contributed by atoms with Gasteiger partial charge in [-0.15, -0.1) is 0 Å². The summed E-state index contributed by atoms with van der Waals surface area (Å²) in [6.45, 7) is 2.09. The number of carbonyl (C=O) groups is 1. The third-order valence-corrected chi connectivity index (χ3v) is 3.50. The number of hydrogen-bond acceptors (Lipinski definition) is 2. The first-order valence-corrected chi connectivity index (χ1v) is 6.17. The quantitative estimate of drug-likeness (QED) is 0.810. The van der Waals surface area contributed by atoms with Crippen molar-refractivity contribution >= 4 is 12.0 Å². The van der Waals surface area contributed by atoms with E-state index in [4.69, 9.17) is 0 Å². The van der Waals surface area contributed by atoms with Crippen molar-refractivity contribution in [2.45, 2.75) is 19.4 Å². The first-order chi connectivity index (χ1) is 8.76. The Kier molecular flexibility index (Phi) is 2.63. The van der Waals surface area contributed by atoms with Crippen LogP contribution in [0.5, 0.6) is 0 Å². The second-order valence-corrected chi connectivity index (χ2v) is 4.85. The third-order valence-electron chi connectivity index (χ3n) is 3.50. The van der Waals surface area contributed by atoms with Gasteiger partial charge in [-0.1, -0.05) is 29.8 Å². The molecule has 0 fully saturated rings. The first-order valence-electron chi connectivity index (χ1n) is 6.17. The first kappa shape index (κ1) is 11.0. The second-order valence-electron chi connectivity index (χ2n) is 4.85. The van der Waals surface area contributed by atoms with Crippen LogP contribution in [0.3, 0.4) is 0 Å². The number of hydrogen-bond donors (Lipinski definition) is 1. The maximum Gasteiger partial charge on any atom is 0.150 e. The Morgan fingerprint density at radius 3 is 2.67 bits per heavy atom. The molecule has 2 nitrogen and oxygen atoms in total. The summed E-state index contributed by atoms with van der Waals surface area (Å²) in [6.07, 6.45) is 1.85. The van der Waals surface area contributed by atoms with Gasteiger partial charge in [0.1, 0.15) is 6.29 Å². The lowest BCUT2D eigenvalue weighted by atomic mass is 10.0. The molecular formula is C16H15NO. The highest BCUT2D eigenvalue weighted by Crippen LogP contribution is 2.34. The molecule has 1 atom stereocenters. The molecule has 1 unspecified atom stereocenters. The Bertz CT molecular complexity index is 587. The highest BCUT2D eigenvalue weighted by molar-refractivity contribution is 5.77. The van der Waals surface area contributed by atoms with Gasteiger partial charge in [-0.3, -0.25) is 4.79 Å². The van der Waals surface area contributed by atoms with Gasteiger partial charge in [0.15, 0.2) is 0 Å². The zero-order chi connectivity index (χ0) is 12.5. The summed E-state index contributed by atoms with van der Waals surface area (Å²) in [5.41, 5.74) is 5.69. The topological polar surface area (TPSA) is 29.1 Å². The fourth-order valence-electron chi connectivity index (χ4n) is 2.46. The Morgan fingerprint density at radius 2 is 1.94 bits per heavy atom. The zero-order valence-electron chi connectivity index (χ0n) is 10.3. The Hall–Kier alpha value is -2.09. The summed E-state index contributed by atoms with van der Waals surface area (Å²) >= 11 is 0. The molecule has 0 radical (unpaired) electrons. The maximum atomic E-state index is 10.8. The largest absolute Gasteiger partial charge is 0.378 e. The minimum Gasteiger partial charge on any atom is -0.378 e. The van der Waals surface area contributed by atoms with E-state index < -0.39 is 0 Å². The van der Waals surface area contributed by atoms with E-state index in [-0.39, 0.29) is 0 Å². The van der Waals surface area contributed by atoms with E-state index in [9.17, 15) is 4.79 Å². The van der Waals surface area contributed by atoms with Crippen molar-refractivity contribution in [3.63, 3.8) is 0 Å². The molecule has 0 saturated heterocycles. The molecule has 18 heavy (non-hydrogen) atoms. The van der Waals surface area contributed by atoms with Gasteiger partial charge < -0.3 is 5.32 Å². The maximum absolute atomic E-state index is 10.8. The van der Waals surface area contributed by atoms with E-state index in [1.807, 2.05) is 18.2 Å². The minimum absolute atomic E-state index is 0.322. The molecule has 0 saturated carbocycles. The molecular weight excluding hydrogens is 222 g/mol. The smallest absolute Gasteiger partial charge is 0.150 e. The average molecular weight is 237 g/mol. The van der Waals surface area contributed by atoms with Gasteiger partial charge in [-0.25, -0.2) is 0 Å². The van der Waals surface area contributed by atoms with Crippen LogP contribution >= 0.6 is 0 Å². The summed E-state index contributed by atoms with van der Waals surface area (Å²) in [6, 6.07) is 14.8. The van der Waals surface area contributed by atoms with Crippen LogP contribution in [-0.2, 0) is 6.42 Å². The van der Waals surface area contributed by atoms with Crippen molar-refractivity contribution in [3.05, 3.63) is 64.7 Å². The van der Waals surface area contributed by atoms with Crippen molar-refractivity contribution in [2.24, 2.45) is 0 Å². The molecule has 2 heteroatoms. The number of rotatable bonds is 2. The standard InChI is InChI=1S/C16H15NO/c1-11-2-5-13(6-3-11)16-9-14-8-12(10-18)4-7-15(14)17-16/h2-8,10,16-17H,9H2,1H3. The number of benzene rings is 2. The van der Waals surface area contributed by atoms with Crippen molar-refractivity contribution in [2.75, 3.05) is 5.32 Å². The van der Waals surface area contributed by atoms with Gasteiger partial charge in [-0.05, 0) is 42.7 Å². The van der Waals surface area contributed by atoms with Crippen molar-refractivity contribution in [1.82, 2.24) is 0 Å². The van der Waals surface area contributed by atoms with Gasteiger partial charge in [0.25, 0.3) is 0 Å². The zero-order valence-corrected chi connectivity index (χ0v) is 10.3. The summed E-state index contributed by atoms with van der Waals surface area (Å²) in [4.78, 5) is 10.8. The Morgan fingerprint density at radius 1 is 1.17 bits per heavy atom. The summed E-state index contributed by atoms with van der Waals surface area (Å²) < 4.78 is 0. The summed E-state index contributed by atoms with van der Waals surface area (Å²) in [5.74, 6) is 0. The normalized spacial score (nSPS) is 17.1. The van der Waals surface area contributed by atoms with Crippen molar-refractivity contribution in [1.29, 1.82) is 0 Å². The van der Waals surface area contributed by atoms with Crippen molar-refractivity contribution < 1.29 is 4.79 Å². The van der Waals surface area contributed by atoms with E-state index in [0.717, 1.165) is 24.0 Å². The predicted molar refractivity (Wildman–Crippen MR) is 73.1 cm³/mol. The van der Waals surface area contributed by atoms with E-state index in [1.54, 1.807) is 0 Å². The van der Waals surface area contributed by atoms with E-state index >= 15 is 0 Å². The summed E-state index contributed by atoms with van der Waals surface area (Å²) in [5, 5.41) is 3.51. The van der Waals surface area contributed by atoms with Gasteiger partial charge in [0.05, 0.1) is 6.04 Å². The van der Waals surface area contributed by atoms with E-state index in [2.05, 4.69) is 36.5 Å². The Balaban J connectivity index is 1.88. The molecule has 2 aromatic carbocycles. The summed E-state index contributed by atoms with van der Waals surface area (Å²) in [7, 11) is 0. The number of carbonyl (C=O) groups excluding carboxylic acids is 1. The van der Waals surface area contributed by atoms with Crippen molar-refractivity contribution in [3.8, 4) is 0 Å². The number of aryl methyl sites for hydroxylation is 1. The molecule has 0 spiro atoms. The van der Waals surface area contributed by atoms with Crippen LogP contribution in [-0.4, -0.2) is 6.29 Å². The van der Waals surface area contributed by atoms with Crippen LogP contribution in [0.15, 0.2) is 42.5 Å². The number of nitrogens with one attached hydrogen (secondary N) is 1. The molecule has 3 rings (SSSR count). The number of fused-ring (bicyclic) bond motifs is 1. The highest BCUT2D eigenvalue weighted by atomic mass is 16.1. The molecule has 90 valence electrons. The highest BCUT2D eigenvalue weighted by Gasteiger charge is 2.21. The lowest BCUT2D eigenvalue weighted by Gasteiger charge is -2.11. The van der Waals surface area contributed by atoms with Gasteiger partial charge in [0, 0.05) is 11.3 Å². The van der Waals surface area contributed by atoms with Crippen LogP contribution in [0.4, 0.5) is 5.69 Å². The molecule has 1 N–H and O–H groups in total. The Labute approximate surface area is 107 Å². The lowest BCUT2D eigenvalue weighted by Crippen LogP contribution is -2.05. The van der Waals surface area contributed by atoms with Gasteiger partial charge in [-0.2, -0.15) is 0 Å².